The summed E-state index contributed by atoms with van der Waals surface area (Å²) in [6.45, 7) is 12.0. The lowest BCUT2D eigenvalue weighted by Crippen LogP contribution is -2.33. The van der Waals surface area contributed by atoms with Gasteiger partial charge < -0.3 is 14.6 Å². The van der Waals surface area contributed by atoms with Gasteiger partial charge in [0.1, 0.15) is 11.3 Å². The van der Waals surface area contributed by atoms with Crippen molar-refractivity contribution in [2.24, 2.45) is 5.41 Å². The van der Waals surface area contributed by atoms with E-state index in [9.17, 15) is 14.7 Å². The SMILES string of the molecule is COC(=O)C1=C(C)[C@@](C)(C/C=C(\C)CC/C=C(\C)CC[C@H]2OC2(C)C)C(=O)C=C1O. The highest BCUT2D eigenvalue weighted by Crippen LogP contribution is 2.41. The topological polar surface area (TPSA) is 76.1 Å². The summed E-state index contributed by atoms with van der Waals surface area (Å²) in [7, 11) is 1.27. The first-order valence-corrected chi connectivity index (χ1v) is 10.7. The van der Waals surface area contributed by atoms with Crippen LogP contribution in [0.3, 0.4) is 0 Å². The van der Waals surface area contributed by atoms with Crippen LogP contribution in [-0.2, 0) is 19.1 Å². The zero-order valence-corrected chi connectivity index (χ0v) is 19.4. The van der Waals surface area contributed by atoms with Crippen LogP contribution in [0.5, 0.6) is 0 Å². The van der Waals surface area contributed by atoms with Crippen LogP contribution in [0, 0.1) is 5.41 Å². The highest BCUT2D eigenvalue weighted by atomic mass is 16.6. The fraction of sp³-hybridized carbons (Fsp3) is 0.600. The maximum atomic E-state index is 12.6. The lowest BCUT2D eigenvalue weighted by atomic mass is 9.70. The zero-order valence-electron chi connectivity index (χ0n) is 19.4. The molecule has 5 nitrogen and oxygen atoms in total. The van der Waals surface area contributed by atoms with Gasteiger partial charge in [-0.3, -0.25) is 4.79 Å². The van der Waals surface area contributed by atoms with Gasteiger partial charge >= 0.3 is 5.97 Å². The standard InChI is InChI=1S/C25H36O5/c1-16(11-12-21-24(4,5)30-21)9-8-10-17(2)13-14-25(6)18(3)22(23(28)29-7)19(26)15-20(25)27/h9,13,15,21,26H,8,10-12,14H2,1-7H3/b16-9+,17-13+/t21-,25-/m1/s1. The largest absolute Gasteiger partial charge is 0.507 e. The van der Waals surface area contributed by atoms with E-state index in [1.54, 1.807) is 6.92 Å². The van der Waals surface area contributed by atoms with Crippen LogP contribution >= 0.6 is 0 Å². The van der Waals surface area contributed by atoms with Crippen LogP contribution in [0.2, 0.25) is 0 Å². The molecule has 5 heteroatoms. The zero-order chi connectivity index (χ0) is 22.7. The Morgan fingerprint density at radius 2 is 1.80 bits per heavy atom. The Labute approximate surface area is 180 Å². The molecule has 0 radical (unpaired) electrons. The average molecular weight is 417 g/mol. The number of rotatable bonds is 9. The van der Waals surface area contributed by atoms with Crippen molar-refractivity contribution in [3.63, 3.8) is 0 Å². The molecule has 1 heterocycles. The monoisotopic (exact) mass is 416 g/mol. The van der Waals surface area contributed by atoms with Crippen molar-refractivity contribution in [2.45, 2.75) is 85.4 Å². The Balaban J connectivity index is 1.95. The summed E-state index contributed by atoms with van der Waals surface area (Å²) in [5.41, 5.74) is 2.41. The van der Waals surface area contributed by atoms with E-state index in [0.717, 1.165) is 31.8 Å². The van der Waals surface area contributed by atoms with Crippen molar-refractivity contribution < 1.29 is 24.2 Å². The van der Waals surface area contributed by atoms with E-state index >= 15 is 0 Å². The fourth-order valence-electron chi connectivity index (χ4n) is 3.85. The van der Waals surface area contributed by atoms with Gasteiger partial charge in [-0.15, -0.1) is 0 Å². The van der Waals surface area contributed by atoms with Gasteiger partial charge in [-0.05, 0) is 79.2 Å². The maximum absolute atomic E-state index is 12.6. The first-order valence-electron chi connectivity index (χ1n) is 10.7. The first kappa shape index (κ1) is 24.1. The van der Waals surface area contributed by atoms with E-state index in [1.807, 2.05) is 6.92 Å². The van der Waals surface area contributed by atoms with Crippen molar-refractivity contribution in [1.82, 2.24) is 0 Å². The molecule has 0 aromatic rings. The van der Waals surface area contributed by atoms with Crippen LogP contribution in [0.1, 0.15) is 73.6 Å². The van der Waals surface area contributed by atoms with Crippen molar-refractivity contribution in [3.05, 3.63) is 46.3 Å². The highest BCUT2D eigenvalue weighted by Gasteiger charge is 2.46. The Hall–Kier alpha value is -2.14. The number of allylic oxidation sites excluding steroid dienone is 6. The van der Waals surface area contributed by atoms with Crippen LogP contribution in [-0.4, -0.2) is 35.7 Å². The molecule has 1 saturated heterocycles. The summed E-state index contributed by atoms with van der Waals surface area (Å²) in [5, 5.41) is 10.1. The summed E-state index contributed by atoms with van der Waals surface area (Å²) < 4.78 is 10.4. The summed E-state index contributed by atoms with van der Waals surface area (Å²) in [6, 6.07) is 0. The molecule has 30 heavy (non-hydrogen) atoms. The van der Waals surface area contributed by atoms with E-state index in [4.69, 9.17) is 9.47 Å². The van der Waals surface area contributed by atoms with Gasteiger partial charge in [0.2, 0.25) is 0 Å². The molecule has 2 rings (SSSR count). The molecule has 0 bridgehead atoms. The van der Waals surface area contributed by atoms with Gasteiger partial charge in [-0.2, -0.15) is 0 Å². The molecule has 0 unspecified atom stereocenters. The number of epoxide rings is 1. The molecular weight excluding hydrogens is 380 g/mol. The number of carbonyl (C=O) groups is 2. The molecular formula is C25H36O5. The van der Waals surface area contributed by atoms with Crippen LogP contribution in [0.4, 0.5) is 0 Å². The summed E-state index contributed by atoms with van der Waals surface area (Å²) in [5.74, 6) is -1.14. The Kier molecular flexibility index (Phi) is 7.51. The van der Waals surface area contributed by atoms with Crippen molar-refractivity contribution >= 4 is 11.8 Å². The number of esters is 1. The Morgan fingerprint density at radius 3 is 2.37 bits per heavy atom. The van der Waals surface area contributed by atoms with E-state index in [-0.39, 0.29) is 22.7 Å². The average Bonchev–Trinajstić information content (AvgIpc) is 3.29. The molecule has 166 valence electrons. The Bertz CT molecular complexity index is 824. The molecule has 0 saturated carbocycles. The third kappa shape index (κ3) is 5.51. The number of hydrogen-bond donors (Lipinski definition) is 1. The van der Waals surface area contributed by atoms with Crippen molar-refractivity contribution in [1.29, 1.82) is 0 Å². The second-order valence-electron chi connectivity index (χ2n) is 9.31. The number of ketones is 1. The number of methoxy groups -OCH3 is 1. The Morgan fingerprint density at radius 1 is 1.20 bits per heavy atom. The quantitative estimate of drug-likeness (QED) is 0.304. The minimum Gasteiger partial charge on any atom is -0.507 e. The van der Waals surface area contributed by atoms with Gasteiger partial charge in [-0.1, -0.05) is 23.3 Å². The van der Waals surface area contributed by atoms with Gasteiger partial charge in [-0.25, -0.2) is 4.79 Å². The van der Waals surface area contributed by atoms with Crippen molar-refractivity contribution in [2.75, 3.05) is 7.11 Å². The third-order valence-electron chi connectivity index (χ3n) is 6.52. The van der Waals surface area contributed by atoms with Crippen LogP contribution in [0.25, 0.3) is 0 Å². The second kappa shape index (κ2) is 9.34. The van der Waals surface area contributed by atoms with Crippen LogP contribution in [0.15, 0.2) is 46.3 Å². The molecule has 2 aliphatic rings. The van der Waals surface area contributed by atoms with Crippen molar-refractivity contribution in [3.8, 4) is 0 Å². The third-order valence-corrected chi connectivity index (χ3v) is 6.52. The normalized spacial score (nSPS) is 26.6. The fourth-order valence-corrected chi connectivity index (χ4v) is 3.85. The van der Waals surface area contributed by atoms with E-state index in [2.05, 4.69) is 39.8 Å². The molecule has 1 fully saturated rings. The molecule has 0 aromatic carbocycles. The maximum Gasteiger partial charge on any atom is 0.341 e. The lowest BCUT2D eigenvalue weighted by Gasteiger charge is -2.32. The number of aliphatic hydroxyl groups excluding tert-OH is 1. The number of hydrogen-bond acceptors (Lipinski definition) is 5. The molecule has 0 aromatic heterocycles. The summed E-state index contributed by atoms with van der Waals surface area (Å²) >= 11 is 0. The molecule has 1 N–H and O–H groups in total. The molecule has 1 aliphatic heterocycles. The molecule has 0 spiro atoms. The van der Waals surface area contributed by atoms with E-state index in [0.29, 0.717) is 18.1 Å². The smallest absolute Gasteiger partial charge is 0.341 e. The first-order chi connectivity index (χ1) is 13.9. The predicted octanol–water partition coefficient (Wildman–Crippen LogP) is 5.53. The van der Waals surface area contributed by atoms with E-state index < -0.39 is 11.4 Å². The number of ether oxygens (including phenoxy) is 2. The minimum absolute atomic E-state index is 0.0541. The predicted molar refractivity (Wildman–Crippen MR) is 118 cm³/mol. The highest BCUT2D eigenvalue weighted by molar-refractivity contribution is 6.05. The lowest BCUT2D eigenvalue weighted by molar-refractivity contribution is -0.136. The molecule has 2 atom stereocenters. The van der Waals surface area contributed by atoms with Crippen LogP contribution < -0.4 is 0 Å². The molecule has 1 aliphatic carbocycles. The van der Waals surface area contributed by atoms with E-state index in [1.165, 1.54) is 18.3 Å². The minimum atomic E-state index is -0.861. The summed E-state index contributed by atoms with van der Waals surface area (Å²) in [6.07, 6.45) is 10.3. The van der Waals surface area contributed by atoms with Gasteiger partial charge in [0, 0.05) is 6.08 Å². The summed E-state index contributed by atoms with van der Waals surface area (Å²) in [4.78, 5) is 24.7. The second-order valence-corrected chi connectivity index (χ2v) is 9.31. The van der Waals surface area contributed by atoms with Gasteiger partial charge in [0.25, 0.3) is 0 Å². The number of carbonyl (C=O) groups excluding carboxylic acids is 2. The number of aliphatic hydroxyl groups is 1. The molecule has 0 amide bonds. The van der Waals surface area contributed by atoms with Gasteiger partial charge in [0.05, 0.1) is 24.2 Å². The van der Waals surface area contributed by atoms with Gasteiger partial charge in [0.15, 0.2) is 5.78 Å².